The number of rotatable bonds is 3. The Bertz CT molecular complexity index is 563. The van der Waals surface area contributed by atoms with Gasteiger partial charge in [0.15, 0.2) is 0 Å². The van der Waals surface area contributed by atoms with Crippen LogP contribution in [0, 0.1) is 11.2 Å². The molecule has 1 aromatic carbocycles. The second kappa shape index (κ2) is 8.28. The number of nitrogens with one attached hydrogen (secondary N) is 1. The fourth-order valence-electron chi connectivity index (χ4n) is 3.68. The normalized spacial score (nSPS) is 25.2. The minimum atomic E-state index is -0.353. The van der Waals surface area contributed by atoms with Crippen LogP contribution in [-0.2, 0) is 0 Å². The molecule has 24 heavy (non-hydrogen) atoms. The van der Waals surface area contributed by atoms with E-state index in [1.54, 1.807) is 12.1 Å². The van der Waals surface area contributed by atoms with Gasteiger partial charge in [0.25, 0.3) is 5.91 Å². The van der Waals surface area contributed by atoms with Gasteiger partial charge in [-0.1, -0.05) is 13.0 Å². The summed E-state index contributed by atoms with van der Waals surface area (Å²) in [5, 5.41) is 3.45. The minimum Gasteiger partial charge on any atom is -0.337 e. The second-order valence-electron chi connectivity index (χ2n) is 7.17. The summed E-state index contributed by atoms with van der Waals surface area (Å²) in [6.07, 6.45) is 2.19. The van der Waals surface area contributed by atoms with E-state index in [1.165, 1.54) is 18.6 Å². The van der Waals surface area contributed by atoms with Gasteiger partial charge in [-0.15, -0.1) is 12.4 Å². The Kier molecular flexibility index (Phi) is 6.61. The van der Waals surface area contributed by atoms with E-state index in [1.807, 2.05) is 4.90 Å². The molecule has 134 valence electrons. The predicted molar refractivity (Wildman–Crippen MR) is 96.2 cm³/mol. The van der Waals surface area contributed by atoms with Crippen LogP contribution in [0.3, 0.4) is 0 Å². The first kappa shape index (κ1) is 19.2. The van der Waals surface area contributed by atoms with E-state index in [-0.39, 0.29) is 24.1 Å². The molecular formula is C18H27ClFN3O. The molecular weight excluding hydrogens is 329 g/mol. The summed E-state index contributed by atoms with van der Waals surface area (Å²) < 4.78 is 13.3. The van der Waals surface area contributed by atoms with E-state index in [4.69, 9.17) is 0 Å². The van der Waals surface area contributed by atoms with Crippen molar-refractivity contribution < 1.29 is 9.18 Å². The third-order valence-corrected chi connectivity index (χ3v) is 5.01. The number of carbonyl (C=O) groups is 1. The van der Waals surface area contributed by atoms with Crippen LogP contribution in [0.5, 0.6) is 0 Å². The summed E-state index contributed by atoms with van der Waals surface area (Å²) in [6.45, 7) is 9.01. The van der Waals surface area contributed by atoms with Crippen molar-refractivity contribution in [2.24, 2.45) is 5.41 Å². The quantitative estimate of drug-likeness (QED) is 0.904. The summed E-state index contributed by atoms with van der Waals surface area (Å²) in [6, 6.07) is 5.99. The molecule has 1 unspecified atom stereocenters. The Labute approximate surface area is 149 Å². The van der Waals surface area contributed by atoms with Crippen LogP contribution < -0.4 is 5.32 Å². The average Bonchev–Trinajstić information content (AvgIpc) is 2.82. The molecule has 1 N–H and O–H groups in total. The lowest BCUT2D eigenvalue weighted by atomic mass is 9.89. The molecule has 2 aliphatic heterocycles. The highest BCUT2D eigenvalue weighted by atomic mass is 35.5. The zero-order chi connectivity index (χ0) is 16.3. The molecule has 1 atom stereocenters. The first-order valence-electron chi connectivity index (χ1n) is 8.54. The van der Waals surface area contributed by atoms with Crippen molar-refractivity contribution in [1.29, 1.82) is 0 Å². The third-order valence-electron chi connectivity index (χ3n) is 5.01. The Hall–Kier alpha value is -1.17. The van der Waals surface area contributed by atoms with Gasteiger partial charge in [-0.25, -0.2) is 4.39 Å². The Morgan fingerprint density at radius 2 is 2.12 bits per heavy atom. The molecule has 1 aromatic rings. The first-order valence-corrected chi connectivity index (χ1v) is 8.54. The van der Waals surface area contributed by atoms with E-state index in [2.05, 4.69) is 17.1 Å². The molecule has 3 rings (SSSR count). The van der Waals surface area contributed by atoms with E-state index in [0.717, 1.165) is 52.2 Å². The Balaban J connectivity index is 0.00000208. The van der Waals surface area contributed by atoms with E-state index in [0.29, 0.717) is 11.0 Å². The van der Waals surface area contributed by atoms with E-state index < -0.39 is 0 Å². The molecule has 0 saturated carbocycles. The molecule has 0 spiro atoms. The number of hydrogen-bond acceptors (Lipinski definition) is 3. The van der Waals surface area contributed by atoms with Crippen molar-refractivity contribution in [2.45, 2.75) is 19.8 Å². The summed E-state index contributed by atoms with van der Waals surface area (Å²) in [4.78, 5) is 16.9. The van der Waals surface area contributed by atoms with Crippen LogP contribution in [-0.4, -0.2) is 61.5 Å². The van der Waals surface area contributed by atoms with Crippen molar-refractivity contribution >= 4 is 18.3 Å². The number of amides is 1. The van der Waals surface area contributed by atoms with Crippen molar-refractivity contribution in [3.8, 4) is 0 Å². The summed E-state index contributed by atoms with van der Waals surface area (Å²) in [5.41, 5.74) is 0.798. The van der Waals surface area contributed by atoms with Gasteiger partial charge >= 0.3 is 0 Å². The second-order valence-corrected chi connectivity index (χ2v) is 7.17. The number of benzene rings is 1. The molecule has 2 fully saturated rings. The van der Waals surface area contributed by atoms with Gasteiger partial charge in [0.1, 0.15) is 5.82 Å². The molecule has 2 aliphatic rings. The van der Waals surface area contributed by atoms with Gasteiger partial charge in [-0.05, 0) is 49.5 Å². The SMILES string of the molecule is CC1(CN2CCCN(C(=O)c3cccc(F)c3)CC2)CCNC1.Cl. The highest BCUT2D eigenvalue weighted by Crippen LogP contribution is 2.26. The standard InChI is InChI=1S/C18H26FN3O.ClH/c1-18(6-7-20-13-18)14-21-8-3-9-22(11-10-21)17(23)15-4-2-5-16(19)12-15;/h2,4-5,12,20H,3,6-11,13-14H2,1H3;1H. The van der Waals surface area contributed by atoms with Gasteiger partial charge in [0.2, 0.25) is 0 Å². The van der Waals surface area contributed by atoms with Gasteiger partial charge in [-0.3, -0.25) is 4.79 Å². The van der Waals surface area contributed by atoms with Crippen LogP contribution in [0.4, 0.5) is 4.39 Å². The molecule has 4 nitrogen and oxygen atoms in total. The maximum absolute atomic E-state index is 13.3. The van der Waals surface area contributed by atoms with Crippen molar-refractivity contribution in [1.82, 2.24) is 15.1 Å². The summed E-state index contributed by atoms with van der Waals surface area (Å²) in [5.74, 6) is -0.408. The monoisotopic (exact) mass is 355 g/mol. The smallest absolute Gasteiger partial charge is 0.254 e. The van der Waals surface area contributed by atoms with E-state index in [9.17, 15) is 9.18 Å². The van der Waals surface area contributed by atoms with Crippen molar-refractivity contribution in [2.75, 3.05) is 45.8 Å². The molecule has 0 bridgehead atoms. The Morgan fingerprint density at radius 1 is 1.29 bits per heavy atom. The van der Waals surface area contributed by atoms with Crippen LogP contribution >= 0.6 is 12.4 Å². The predicted octanol–water partition coefficient (Wildman–Crippen LogP) is 2.40. The molecule has 6 heteroatoms. The lowest BCUT2D eigenvalue weighted by Crippen LogP contribution is -2.40. The fraction of sp³-hybridized carbons (Fsp3) is 0.611. The molecule has 0 aromatic heterocycles. The zero-order valence-electron chi connectivity index (χ0n) is 14.3. The highest BCUT2D eigenvalue weighted by Gasteiger charge is 2.31. The molecule has 0 aliphatic carbocycles. The van der Waals surface area contributed by atoms with Crippen LogP contribution in [0.1, 0.15) is 30.1 Å². The largest absolute Gasteiger partial charge is 0.337 e. The minimum absolute atomic E-state index is 0. The lowest BCUT2D eigenvalue weighted by molar-refractivity contribution is 0.0758. The topological polar surface area (TPSA) is 35.6 Å². The summed E-state index contributed by atoms with van der Waals surface area (Å²) >= 11 is 0. The van der Waals surface area contributed by atoms with Crippen molar-refractivity contribution in [3.63, 3.8) is 0 Å². The van der Waals surface area contributed by atoms with Gasteiger partial charge in [0.05, 0.1) is 0 Å². The van der Waals surface area contributed by atoms with Crippen LogP contribution in [0.2, 0.25) is 0 Å². The van der Waals surface area contributed by atoms with Gasteiger partial charge in [-0.2, -0.15) is 0 Å². The molecule has 0 radical (unpaired) electrons. The molecule has 1 amide bonds. The zero-order valence-corrected chi connectivity index (χ0v) is 15.1. The third kappa shape index (κ3) is 4.68. The molecule has 2 heterocycles. The first-order chi connectivity index (χ1) is 11.1. The summed E-state index contributed by atoms with van der Waals surface area (Å²) in [7, 11) is 0. The molecule has 2 saturated heterocycles. The average molecular weight is 356 g/mol. The number of halogens is 2. The highest BCUT2D eigenvalue weighted by molar-refractivity contribution is 5.94. The Morgan fingerprint density at radius 3 is 2.83 bits per heavy atom. The lowest BCUT2D eigenvalue weighted by Gasteiger charge is -2.31. The number of hydrogen-bond donors (Lipinski definition) is 1. The maximum atomic E-state index is 13.3. The fourth-order valence-corrected chi connectivity index (χ4v) is 3.68. The van der Waals surface area contributed by atoms with Crippen molar-refractivity contribution in [3.05, 3.63) is 35.6 Å². The number of carbonyl (C=O) groups excluding carboxylic acids is 1. The van der Waals surface area contributed by atoms with Crippen LogP contribution in [0.25, 0.3) is 0 Å². The van der Waals surface area contributed by atoms with Gasteiger partial charge < -0.3 is 15.1 Å². The van der Waals surface area contributed by atoms with Gasteiger partial charge in [0, 0.05) is 38.3 Å². The van der Waals surface area contributed by atoms with E-state index >= 15 is 0 Å². The number of nitrogens with zero attached hydrogens (tertiary/aromatic N) is 2. The maximum Gasteiger partial charge on any atom is 0.254 e. The van der Waals surface area contributed by atoms with Crippen LogP contribution in [0.15, 0.2) is 24.3 Å².